The third-order valence-electron chi connectivity index (χ3n) is 2.81. The molecule has 10 nitrogen and oxygen atoms in total. The van der Waals surface area contributed by atoms with E-state index in [4.69, 9.17) is 15.9 Å². The van der Waals surface area contributed by atoms with Gasteiger partial charge >= 0.3 is 11.9 Å². The van der Waals surface area contributed by atoms with E-state index in [1.165, 1.54) is 6.92 Å². The first-order valence-corrected chi connectivity index (χ1v) is 7.04. The van der Waals surface area contributed by atoms with Crippen molar-refractivity contribution in [1.29, 1.82) is 0 Å². The molecule has 0 radical (unpaired) electrons. The second kappa shape index (κ2) is 9.96. The van der Waals surface area contributed by atoms with Gasteiger partial charge in [-0.25, -0.2) is 0 Å². The summed E-state index contributed by atoms with van der Waals surface area (Å²) in [5, 5.41) is 36.5. The smallest absolute Gasteiger partial charge is 0.320 e. The molecule has 24 heavy (non-hydrogen) atoms. The standard InChI is InChI=1S/C9H17NO4.C5H9NO4/c1-7(11)9(14,5-8(12)13)6-10(2,3)4;6-3(5(9)10)1-2-4(7)8/h14H,5-6H2,1-4H3;3H,1-2,6H2,(H,7,8)(H,9,10)/t;3-/m.0/s1. The van der Waals surface area contributed by atoms with Crippen molar-refractivity contribution in [2.75, 3.05) is 27.7 Å². The molecule has 0 saturated heterocycles. The number of aliphatic carboxylic acids is 3. The number of nitrogens with zero attached hydrogens (tertiary/aromatic N) is 1. The fourth-order valence-electron chi connectivity index (χ4n) is 1.72. The van der Waals surface area contributed by atoms with Crippen LogP contribution in [0.5, 0.6) is 0 Å². The van der Waals surface area contributed by atoms with Gasteiger partial charge in [-0.15, -0.1) is 0 Å². The highest BCUT2D eigenvalue weighted by Crippen LogP contribution is 2.15. The molecule has 0 aliphatic rings. The SMILES string of the molecule is CC(=O)C(O)(CC(=O)[O-])C[N+](C)(C)C.N[C@@H](CCC(=O)O)C(=O)O. The summed E-state index contributed by atoms with van der Waals surface area (Å²) in [6, 6.07) is -1.06. The van der Waals surface area contributed by atoms with Crippen LogP contribution in [-0.4, -0.2) is 82.8 Å². The van der Waals surface area contributed by atoms with E-state index in [1.807, 2.05) is 0 Å². The van der Waals surface area contributed by atoms with Gasteiger partial charge in [0.25, 0.3) is 0 Å². The highest BCUT2D eigenvalue weighted by molar-refractivity contribution is 5.88. The second-order valence-corrected chi connectivity index (χ2v) is 6.46. The van der Waals surface area contributed by atoms with Crippen LogP contribution in [0.25, 0.3) is 0 Å². The fraction of sp³-hybridized carbons (Fsp3) is 0.714. The van der Waals surface area contributed by atoms with E-state index < -0.39 is 41.8 Å². The molecular weight excluding hydrogens is 324 g/mol. The third kappa shape index (κ3) is 12.5. The number of hydrogen-bond donors (Lipinski definition) is 4. The Labute approximate surface area is 140 Å². The molecule has 0 amide bonds. The average molecular weight is 350 g/mol. The van der Waals surface area contributed by atoms with Crippen molar-refractivity contribution in [2.45, 2.75) is 37.8 Å². The minimum absolute atomic E-state index is 0.0231. The zero-order valence-corrected chi connectivity index (χ0v) is 14.3. The number of aliphatic hydroxyl groups is 1. The summed E-state index contributed by atoms with van der Waals surface area (Å²) in [5.74, 6) is -4.16. The van der Waals surface area contributed by atoms with Crippen molar-refractivity contribution in [2.24, 2.45) is 5.73 Å². The summed E-state index contributed by atoms with van der Waals surface area (Å²) in [4.78, 5) is 41.4. The van der Waals surface area contributed by atoms with Crippen LogP contribution in [-0.2, 0) is 19.2 Å². The monoisotopic (exact) mass is 350 g/mol. The maximum absolute atomic E-state index is 11.1. The molecule has 1 unspecified atom stereocenters. The zero-order valence-electron chi connectivity index (χ0n) is 14.3. The molecule has 10 heteroatoms. The number of rotatable bonds is 9. The largest absolute Gasteiger partial charge is 0.550 e. The molecule has 0 aromatic heterocycles. The first-order chi connectivity index (χ1) is 10.6. The fourth-order valence-corrected chi connectivity index (χ4v) is 1.72. The lowest BCUT2D eigenvalue weighted by atomic mass is 9.94. The van der Waals surface area contributed by atoms with Gasteiger partial charge in [0.15, 0.2) is 11.4 Å². The Morgan fingerprint density at radius 1 is 1.17 bits per heavy atom. The predicted octanol–water partition coefficient (Wildman–Crippen LogP) is -2.58. The number of nitrogens with two attached hydrogens (primary N) is 1. The molecule has 0 bridgehead atoms. The summed E-state index contributed by atoms with van der Waals surface area (Å²) in [6.45, 7) is 1.23. The van der Waals surface area contributed by atoms with Crippen LogP contribution < -0.4 is 10.8 Å². The van der Waals surface area contributed by atoms with E-state index in [2.05, 4.69) is 0 Å². The quantitative estimate of drug-likeness (QED) is 0.325. The number of ketones is 1. The molecule has 0 rings (SSSR count). The number of hydrogen-bond acceptors (Lipinski definition) is 7. The lowest BCUT2D eigenvalue weighted by Gasteiger charge is -2.34. The van der Waals surface area contributed by atoms with E-state index >= 15 is 0 Å². The maximum atomic E-state index is 11.1. The molecular formula is C14H26N2O8. The second-order valence-electron chi connectivity index (χ2n) is 6.46. The Bertz CT molecular complexity index is 472. The Kier molecular flexibility index (Phi) is 10.0. The zero-order chi connectivity index (χ0) is 19.7. The van der Waals surface area contributed by atoms with Gasteiger partial charge in [0.1, 0.15) is 12.6 Å². The number of carbonyl (C=O) groups is 4. The lowest BCUT2D eigenvalue weighted by molar-refractivity contribution is -0.875. The normalized spacial score (nSPS) is 14.6. The maximum Gasteiger partial charge on any atom is 0.320 e. The number of carboxylic acid groups (broad SMARTS) is 3. The van der Waals surface area contributed by atoms with Crippen molar-refractivity contribution in [3.8, 4) is 0 Å². The van der Waals surface area contributed by atoms with Gasteiger partial charge in [-0.3, -0.25) is 14.4 Å². The minimum atomic E-state index is -1.82. The molecule has 140 valence electrons. The highest BCUT2D eigenvalue weighted by Gasteiger charge is 2.38. The molecule has 2 atom stereocenters. The molecule has 0 spiro atoms. The number of carbonyl (C=O) groups excluding carboxylic acids is 2. The van der Waals surface area contributed by atoms with Gasteiger partial charge in [0.2, 0.25) is 0 Å². The number of quaternary nitrogens is 1. The van der Waals surface area contributed by atoms with Crippen LogP contribution in [0.15, 0.2) is 0 Å². The van der Waals surface area contributed by atoms with Gasteiger partial charge in [-0.2, -0.15) is 0 Å². The van der Waals surface area contributed by atoms with Gasteiger partial charge in [0.05, 0.1) is 21.1 Å². The molecule has 0 aromatic carbocycles. The highest BCUT2D eigenvalue weighted by atomic mass is 16.4. The molecule has 5 N–H and O–H groups in total. The van der Waals surface area contributed by atoms with E-state index in [1.54, 1.807) is 21.1 Å². The topological polar surface area (TPSA) is 178 Å². The average Bonchev–Trinajstić information content (AvgIpc) is 2.32. The predicted molar refractivity (Wildman–Crippen MR) is 80.6 cm³/mol. The number of carboxylic acids is 3. The van der Waals surface area contributed by atoms with Crippen LogP contribution in [0.3, 0.4) is 0 Å². The molecule has 0 fully saturated rings. The van der Waals surface area contributed by atoms with Gasteiger partial charge in [-0.1, -0.05) is 0 Å². The van der Waals surface area contributed by atoms with E-state index in [9.17, 15) is 29.4 Å². The summed E-state index contributed by atoms with van der Waals surface area (Å²) < 4.78 is 0.309. The van der Waals surface area contributed by atoms with Crippen LogP contribution >= 0.6 is 0 Å². The van der Waals surface area contributed by atoms with Crippen LogP contribution in [0.2, 0.25) is 0 Å². The lowest BCUT2D eigenvalue weighted by Crippen LogP contribution is -2.55. The van der Waals surface area contributed by atoms with Crippen molar-refractivity contribution in [1.82, 2.24) is 0 Å². The first kappa shape index (κ1) is 24.2. The Morgan fingerprint density at radius 2 is 1.62 bits per heavy atom. The summed E-state index contributed by atoms with van der Waals surface area (Å²) in [5.41, 5.74) is 3.18. The van der Waals surface area contributed by atoms with Crippen molar-refractivity contribution in [3.05, 3.63) is 0 Å². The van der Waals surface area contributed by atoms with Crippen LogP contribution in [0.1, 0.15) is 26.2 Å². The van der Waals surface area contributed by atoms with Crippen LogP contribution in [0, 0.1) is 0 Å². The van der Waals surface area contributed by atoms with Crippen LogP contribution in [0.4, 0.5) is 0 Å². The van der Waals surface area contributed by atoms with Gasteiger partial charge in [-0.05, 0) is 13.3 Å². The van der Waals surface area contributed by atoms with Crippen molar-refractivity contribution < 1.29 is 44.1 Å². The molecule has 0 aliphatic heterocycles. The third-order valence-corrected chi connectivity index (χ3v) is 2.81. The number of Topliss-reactive ketones (excluding diaryl/α,β-unsaturated/α-hetero) is 1. The summed E-state index contributed by atoms with van der Waals surface area (Å²) in [7, 11) is 5.30. The van der Waals surface area contributed by atoms with Gasteiger partial charge in [0, 0.05) is 18.8 Å². The Hall–Kier alpha value is -2.04. The number of likely N-dealkylation sites (N-methyl/N-ethyl adjacent to an activating group) is 1. The van der Waals surface area contributed by atoms with Crippen molar-refractivity contribution >= 4 is 23.7 Å². The van der Waals surface area contributed by atoms with E-state index in [0.29, 0.717) is 4.48 Å². The molecule has 0 aliphatic carbocycles. The van der Waals surface area contributed by atoms with E-state index in [0.717, 1.165) is 0 Å². The minimum Gasteiger partial charge on any atom is -0.550 e. The summed E-state index contributed by atoms with van der Waals surface area (Å²) >= 11 is 0. The van der Waals surface area contributed by atoms with Crippen molar-refractivity contribution in [3.63, 3.8) is 0 Å². The summed E-state index contributed by atoms with van der Waals surface area (Å²) in [6.07, 6.45) is -0.879. The van der Waals surface area contributed by atoms with E-state index in [-0.39, 0.29) is 19.4 Å². The first-order valence-electron chi connectivity index (χ1n) is 7.04. The molecule has 0 heterocycles. The van der Waals surface area contributed by atoms with Gasteiger partial charge < -0.3 is 35.4 Å². The Balaban J connectivity index is 0. The Morgan fingerprint density at radius 3 is 1.88 bits per heavy atom. The molecule has 0 saturated carbocycles. The molecule has 0 aromatic rings.